The van der Waals surface area contributed by atoms with Crippen molar-refractivity contribution in [3.8, 4) is 5.88 Å². The highest BCUT2D eigenvalue weighted by atomic mass is 16.5. The summed E-state index contributed by atoms with van der Waals surface area (Å²) in [4.78, 5) is 18.8. The van der Waals surface area contributed by atoms with Crippen molar-refractivity contribution < 1.29 is 9.53 Å². The van der Waals surface area contributed by atoms with E-state index in [2.05, 4.69) is 4.98 Å². The predicted molar refractivity (Wildman–Crippen MR) is 89.6 cm³/mol. The number of pyridine rings is 1. The molecular formula is C19H16N2O2. The first-order valence-electron chi connectivity index (χ1n) is 7.70. The summed E-state index contributed by atoms with van der Waals surface area (Å²) >= 11 is 0. The molecule has 1 fully saturated rings. The topological polar surface area (TPSA) is 42.4 Å². The Kier molecular flexibility index (Phi) is 3.42. The molecule has 1 unspecified atom stereocenters. The van der Waals surface area contributed by atoms with E-state index in [1.165, 1.54) is 0 Å². The molecule has 1 saturated heterocycles. The van der Waals surface area contributed by atoms with Crippen LogP contribution in [-0.4, -0.2) is 23.5 Å². The van der Waals surface area contributed by atoms with E-state index in [0.29, 0.717) is 18.8 Å². The van der Waals surface area contributed by atoms with E-state index in [1.807, 2.05) is 66.7 Å². The summed E-state index contributed by atoms with van der Waals surface area (Å²) < 4.78 is 5.85. The molecule has 1 amide bonds. The Morgan fingerprint density at radius 2 is 1.74 bits per heavy atom. The molecule has 0 spiro atoms. The summed E-state index contributed by atoms with van der Waals surface area (Å²) in [6.07, 6.45) is 0.200. The lowest BCUT2D eigenvalue weighted by atomic mass is 10.2. The van der Waals surface area contributed by atoms with E-state index in [0.717, 1.165) is 16.6 Å². The summed E-state index contributed by atoms with van der Waals surface area (Å²) in [6, 6.07) is 21.3. The fraction of sp³-hybridized carbons (Fsp3) is 0.158. The van der Waals surface area contributed by atoms with Gasteiger partial charge >= 0.3 is 0 Å². The smallest absolute Gasteiger partial charge is 0.268 e. The molecule has 0 N–H and O–H groups in total. The van der Waals surface area contributed by atoms with Gasteiger partial charge in [0, 0.05) is 30.1 Å². The zero-order valence-corrected chi connectivity index (χ0v) is 12.6. The number of carbonyl (C=O) groups is 1. The van der Waals surface area contributed by atoms with E-state index in [-0.39, 0.29) is 5.91 Å². The van der Waals surface area contributed by atoms with Crippen LogP contribution in [0.15, 0.2) is 66.7 Å². The van der Waals surface area contributed by atoms with Crippen LogP contribution in [0.25, 0.3) is 10.9 Å². The molecule has 3 aromatic rings. The molecule has 114 valence electrons. The number of para-hydroxylation sites is 2. The number of aromatic nitrogens is 1. The number of amides is 1. The van der Waals surface area contributed by atoms with E-state index in [1.54, 1.807) is 4.90 Å². The van der Waals surface area contributed by atoms with Gasteiger partial charge < -0.3 is 9.64 Å². The fourth-order valence-corrected chi connectivity index (χ4v) is 2.89. The highest BCUT2D eigenvalue weighted by Gasteiger charge is 2.34. The van der Waals surface area contributed by atoms with Gasteiger partial charge in [-0.25, -0.2) is 4.98 Å². The molecular weight excluding hydrogens is 288 g/mol. The maximum Gasteiger partial charge on any atom is 0.268 e. The van der Waals surface area contributed by atoms with E-state index in [4.69, 9.17) is 4.74 Å². The van der Waals surface area contributed by atoms with Gasteiger partial charge in [-0.05, 0) is 24.3 Å². The fourth-order valence-electron chi connectivity index (χ4n) is 2.89. The van der Waals surface area contributed by atoms with Crippen molar-refractivity contribution in [3.05, 3.63) is 66.7 Å². The molecule has 1 atom stereocenters. The highest BCUT2D eigenvalue weighted by molar-refractivity contribution is 5.99. The minimum atomic E-state index is -0.469. The summed E-state index contributed by atoms with van der Waals surface area (Å²) in [5.74, 6) is 0.489. The number of anilines is 1. The van der Waals surface area contributed by atoms with Crippen molar-refractivity contribution in [1.29, 1.82) is 0 Å². The predicted octanol–water partition coefficient (Wildman–Crippen LogP) is 3.42. The lowest BCUT2D eigenvalue weighted by Gasteiger charge is -2.17. The monoisotopic (exact) mass is 304 g/mol. The third-order valence-electron chi connectivity index (χ3n) is 4.06. The van der Waals surface area contributed by atoms with Crippen LogP contribution in [0.4, 0.5) is 5.69 Å². The van der Waals surface area contributed by atoms with E-state index >= 15 is 0 Å². The second-order valence-corrected chi connectivity index (χ2v) is 5.56. The molecule has 1 aliphatic heterocycles. The van der Waals surface area contributed by atoms with Crippen LogP contribution in [0, 0.1) is 0 Å². The zero-order chi connectivity index (χ0) is 15.6. The molecule has 1 aromatic heterocycles. The Balaban J connectivity index is 1.53. The van der Waals surface area contributed by atoms with Crippen LogP contribution in [0.3, 0.4) is 0 Å². The van der Waals surface area contributed by atoms with Gasteiger partial charge in [0.05, 0.1) is 5.52 Å². The number of hydrogen-bond donors (Lipinski definition) is 0. The van der Waals surface area contributed by atoms with Crippen LogP contribution in [0.2, 0.25) is 0 Å². The molecule has 2 heterocycles. The molecule has 1 aliphatic rings. The Morgan fingerprint density at radius 1 is 0.957 bits per heavy atom. The number of rotatable bonds is 3. The van der Waals surface area contributed by atoms with Crippen LogP contribution in [0.5, 0.6) is 5.88 Å². The Hall–Kier alpha value is -2.88. The SMILES string of the molecule is O=C1C(Oc2ccc3ccccc3n2)CCN1c1ccccc1. The van der Waals surface area contributed by atoms with Crippen molar-refractivity contribution in [2.45, 2.75) is 12.5 Å². The van der Waals surface area contributed by atoms with Crippen LogP contribution < -0.4 is 9.64 Å². The second-order valence-electron chi connectivity index (χ2n) is 5.56. The standard InChI is InChI=1S/C19H16N2O2/c22-19-17(12-13-21(19)15-7-2-1-3-8-15)23-18-11-10-14-6-4-5-9-16(14)20-18/h1-11,17H,12-13H2. The second kappa shape index (κ2) is 5.72. The first-order valence-corrected chi connectivity index (χ1v) is 7.70. The normalized spacial score (nSPS) is 17.7. The van der Waals surface area contributed by atoms with Crippen molar-refractivity contribution >= 4 is 22.5 Å². The molecule has 4 rings (SSSR count). The number of nitrogens with zero attached hydrogens (tertiary/aromatic N) is 2. The molecule has 2 aromatic carbocycles. The van der Waals surface area contributed by atoms with Gasteiger partial charge in [-0.1, -0.05) is 36.4 Å². The Bertz CT molecular complexity index is 848. The summed E-state index contributed by atoms with van der Waals surface area (Å²) in [5, 5.41) is 1.06. The number of fused-ring (bicyclic) bond motifs is 1. The van der Waals surface area contributed by atoms with Gasteiger partial charge in [0.15, 0.2) is 6.10 Å². The summed E-state index contributed by atoms with van der Waals surface area (Å²) in [6.45, 7) is 0.668. The van der Waals surface area contributed by atoms with Crippen LogP contribution >= 0.6 is 0 Å². The molecule has 0 aliphatic carbocycles. The van der Waals surface area contributed by atoms with Crippen molar-refractivity contribution in [2.24, 2.45) is 0 Å². The third kappa shape index (κ3) is 2.63. The zero-order valence-electron chi connectivity index (χ0n) is 12.6. The first-order chi connectivity index (χ1) is 11.3. The van der Waals surface area contributed by atoms with E-state index < -0.39 is 6.10 Å². The average Bonchev–Trinajstić information content (AvgIpc) is 2.96. The number of carbonyl (C=O) groups excluding carboxylic acids is 1. The maximum absolute atomic E-state index is 12.5. The van der Waals surface area contributed by atoms with Gasteiger partial charge in [0.25, 0.3) is 5.91 Å². The van der Waals surface area contributed by atoms with Crippen molar-refractivity contribution in [3.63, 3.8) is 0 Å². The summed E-state index contributed by atoms with van der Waals surface area (Å²) in [5.41, 5.74) is 1.78. The molecule has 0 saturated carbocycles. The molecule has 4 nitrogen and oxygen atoms in total. The third-order valence-corrected chi connectivity index (χ3v) is 4.06. The molecule has 0 bridgehead atoms. The van der Waals surface area contributed by atoms with Gasteiger partial charge in [0.2, 0.25) is 5.88 Å². The average molecular weight is 304 g/mol. The van der Waals surface area contributed by atoms with Crippen molar-refractivity contribution in [1.82, 2.24) is 4.98 Å². The highest BCUT2D eigenvalue weighted by Crippen LogP contribution is 2.25. The van der Waals surface area contributed by atoms with Crippen LogP contribution in [-0.2, 0) is 4.79 Å². The molecule has 4 heteroatoms. The Morgan fingerprint density at radius 3 is 2.61 bits per heavy atom. The molecule has 0 radical (unpaired) electrons. The quantitative estimate of drug-likeness (QED) is 0.744. The minimum absolute atomic E-state index is 0.00819. The number of benzene rings is 2. The maximum atomic E-state index is 12.5. The first kappa shape index (κ1) is 13.8. The minimum Gasteiger partial charge on any atom is -0.464 e. The largest absolute Gasteiger partial charge is 0.464 e. The lowest BCUT2D eigenvalue weighted by Crippen LogP contribution is -2.32. The number of hydrogen-bond acceptors (Lipinski definition) is 3. The van der Waals surface area contributed by atoms with Gasteiger partial charge in [-0.2, -0.15) is 0 Å². The van der Waals surface area contributed by atoms with Gasteiger partial charge in [-0.3, -0.25) is 4.79 Å². The molecule has 23 heavy (non-hydrogen) atoms. The van der Waals surface area contributed by atoms with Crippen molar-refractivity contribution in [2.75, 3.05) is 11.4 Å². The van der Waals surface area contributed by atoms with E-state index in [9.17, 15) is 4.79 Å². The summed E-state index contributed by atoms with van der Waals surface area (Å²) in [7, 11) is 0. The Labute approximate surface area is 134 Å². The van der Waals surface area contributed by atoms with Gasteiger partial charge in [-0.15, -0.1) is 0 Å². The lowest BCUT2D eigenvalue weighted by molar-refractivity contribution is -0.123. The van der Waals surface area contributed by atoms with Gasteiger partial charge in [0.1, 0.15) is 0 Å². The van der Waals surface area contributed by atoms with Crippen LogP contribution in [0.1, 0.15) is 6.42 Å². The number of ether oxygens (including phenoxy) is 1.